The molecule has 0 atom stereocenters. The minimum absolute atomic E-state index is 0.101. The highest BCUT2D eigenvalue weighted by atomic mass is 32.2. The van der Waals surface area contributed by atoms with Crippen molar-refractivity contribution in [2.45, 2.75) is 4.90 Å². The molecule has 2 aromatic carbocycles. The van der Waals surface area contributed by atoms with Gasteiger partial charge in [-0.3, -0.25) is 4.79 Å². The standard InChI is InChI=1S/C19H22N2O5S/c1-21(2)27(23,24)17-7-5-6-15(13-17)20-19(22)11-8-14-12-16(25-3)9-10-18(14)26-4/h5-13H,1-4H3,(H,20,22)/b11-8+. The minimum Gasteiger partial charge on any atom is -0.497 e. The Morgan fingerprint density at radius 3 is 2.44 bits per heavy atom. The normalized spacial score (nSPS) is 11.6. The summed E-state index contributed by atoms with van der Waals surface area (Å²) in [6, 6.07) is 11.3. The van der Waals surface area contributed by atoms with Crippen LogP contribution in [-0.4, -0.2) is 46.9 Å². The topological polar surface area (TPSA) is 84.9 Å². The van der Waals surface area contributed by atoms with Gasteiger partial charge in [-0.2, -0.15) is 0 Å². The van der Waals surface area contributed by atoms with Crippen LogP contribution < -0.4 is 14.8 Å². The molecule has 0 aliphatic rings. The van der Waals surface area contributed by atoms with Crippen LogP contribution in [-0.2, 0) is 14.8 Å². The minimum atomic E-state index is -3.57. The smallest absolute Gasteiger partial charge is 0.248 e. The largest absolute Gasteiger partial charge is 0.497 e. The molecule has 0 aliphatic heterocycles. The Morgan fingerprint density at radius 1 is 1.07 bits per heavy atom. The first kappa shape index (κ1) is 20.5. The van der Waals surface area contributed by atoms with Gasteiger partial charge in [0.1, 0.15) is 11.5 Å². The third kappa shape index (κ3) is 5.08. The van der Waals surface area contributed by atoms with Crippen molar-refractivity contribution in [3.63, 3.8) is 0 Å². The Labute approximate surface area is 159 Å². The summed E-state index contributed by atoms with van der Waals surface area (Å²) in [5.41, 5.74) is 1.06. The molecule has 0 radical (unpaired) electrons. The van der Waals surface area contributed by atoms with E-state index >= 15 is 0 Å². The number of ether oxygens (including phenoxy) is 2. The molecule has 1 amide bonds. The highest BCUT2D eigenvalue weighted by Crippen LogP contribution is 2.25. The second-order valence-corrected chi connectivity index (χ2v) is 7.90. The molecule has 0 unspecified atom stereocenters. The van der Waals surface area contributed by atoms with Crippen LogP contribution >= 0.6 is 0 Å². The van der Waals surface area contributed by atoms with Crippen molar-refractivity contribution >= 4 is 27.7 Å². The van der Waals surface area contributed by atoms with Gasteiger partial charge in [0.15, 0.2) is 0 Å². The number of nitrogens with zero attached hydrogens (tertiary/aromatic N) is 1. The van der Waals surface area contributed by atoms with Crippen LogP contribution in [0.25, 0.3) is 6.08 Å². The maximum atomic E-state index is 12.2. The Balaban J connectivity index is 2.18. The Morgan fingerprint density at radius 2 is 1.81 bits per heavy atom. The summed E-state index contributed by atoms with van der Waals surface area (Å²) < 4.78 is 35.9. The summed E-state index contributed by atoms with van der Waals surface area (Å²) in [5.74, 6) is 0.829. The van der Waals surface area contributed by atoms with Gasteiger partial charge in [0.2, 0.25) is 15.9 Å². The summed E-state index contributed by atoms with van der Waals surface area (Å²) >= 11 is 0. The molecule has 2 rings (SSSR count). The Kier molecular flexibility index (Phi) is 6.59. The number of hydrogen-bond acceptors (Lipinski definition) is 5. The zero-order valence-corrected chi connectivity index (χ0v) is 16.4. The second-order valence-electron chi connectivity index (χ2n) is 5.75. The van der Waals surface area contributed by atoms with E-state index in [1.165, 1.54) is 39.4 Å². The predicted molar refractivity (Wildman–Crippen MR) is 105 cm³/mol. The maximum Gasteiger partial charge on any atom is 0.248 e. The zero-order valence-electron chi connectivity index (χ0n) is 15.6. The lowest BCUT2D eigenvalue weighted by atomic mass is 10.1. The average Bonchev–Trinajstić information content (AvgIpc) is 2.66. The van der Waals surface area contributed by atoms with E-state index in [1.54, 1.807) is 43.5 Å². The molecule has 0 saturated carbocycles. The van der Waals surface area contributed by atoms with E-state index in [9.17, 15) is 13.2 Å². The van der Waals surface area contributed by atoms with Crippen LogP contribution in [0, 0.1) is 0 Å². The van der Waals surface area contributed by atoms with Crippen LogP contribution in [0.4, 0.5) is 5.69 Å². The monoisotopic (exact) mass is 390 g/mol. The Bertz CT molecular complexity index is 952. The molecular formula is C19H22N2O5S. The van der Waals surface area contributed by atoms with Crippen LogP contribution in [0.5, 0.6) is 11.5 Å². The third-order valence-corrected chi connectivity index (χ3v) is 5.54. The maximum absolute atomic E-state index is 12.2. The quantitative estimate of drug-likeness (QED) is 0.735. The number of sulfonamides is 1. The number of anilines is 1. The third-order valence-electron chi connectivity index (χ3n) is 3.73. The second kappa shape index (κ2) is 8.70. The molecule has 0 spiro atoms. The molecule has 0 heterocycles. The zero-order chi connectivity index (χ0) is 20.0. The highest BCUT2D eigenvalue weighted by molar-refractivity contribution is 7.89. The predicted octanol–water partition coefficient (Wildman–Crippen LogP) is 2.61. The molecule has 7 nitrogen and oxygen atoms in total. The first-order valence-electron chi connectivity index (χ1n) is 8.01. The van der Waals surface area contributed by atoms with E-state index in [1.807, 2.05) is 0 Å². The lowest BCUT2D eigenvalue weighted by Crippen LogP contribution is -2.22. The molecule has 2 aromatic rings. The van der Waals surface area contributed by atoms with E-state index in [0.29, 0.717) is 22.7 Å². The van der Waals surface area contributed by atoms with Crippen molar-refractivity contribution < 1.29 is 22.7 Å². The molecule has 0 fully saturated rings. The average molecular weight is 390 g/mol. The number of rotatable bonds is 7. The molecular weight excluding hydrogens is 368 g/mol. The molecule has 1 N–H and O–H groups in total. The molecule has 0 saturated heterocycles. The number of benzene rings is 2. The molecule has 0 aliphatic carbocycles. The summed E-state index contributed by atoms with van der Waals surface area (Å²) in [6.45, 7) is 0. The number of nitrogens with one attached hydrogen (secondary N) is 1. The van der Waals surface area contributed by atoms with Crippen molar-refractivity contribution in [1.82, 2.24) is 4.31 Å². The summed E-state index contributed by atoms with van der Waals surface area (Å²) in [7, 11) is 2.41. The van der Waals surface area contributed by atoms with Crippen LogP contribution in [0.1, 0.15) is 5.56 Å². The van der Waals surface area contributed by atoms with E-state index < -0.39 is 15.9 Å². The van der Waals surface area contributed by atoms with Crippen molar-refractivity contribution in [2.75, 3.05) is 33.6 Å². The van der Waals surface area contributed by atoms with Gasteiger partial charge in [0, 0.05) is 31.4 Å². The van der Waals surface area contributed by atoms with Gasteiger partial charge in [-0.15, -0.1) is 0 Å². The number of methoxy groups -OCH3 is 2. The van der Waals surface area contributed by atoms with E-state index in [4.69, 9.17) is 9.47 Å². The first-order chi connectivity index (χ1) is 12.8. The fourth-order valence-electron chi connectivity index (χ4n) is 2.26. The fraction of sp³-hybridized carbons (Fsp3) is 0.211. The van der Waals surface area contributed by atoms with Crippen LogP contribution in [0.2, 0.25) is 0 Å². The molecule has 144 valence electrons. The van der Waals surface area contributed by atoms with Crippen molar-refractivity contribution in [2.24, 2.45) is 0 Å². The van der Waals surface area contributed by atoms with E-state index in [2.05, 4.69) is 5.32 Å². The lowest BCUT2D eigenvalue weighted by Gasteiger charge is -2.12. The summed E-state index contributed by atoms with van der Waals surface area (Å²) in [5, 5.41) is 2.65. The molecule has 0 aromatic heterocycles. The highest BCUT2D eigenvalue weighted by Gasteiger charge is 2.17. The van der Waals surface area contributed by atoms with E-state index in [-0.39, 0.29) is 4.90 Å². The van der Waals surface area contributed by atoms with Crippen LogP contribution in [0.3, 0.4) is 0 Å². The number of carbonyl (C=O) groups excluding carboxylic acids is 1. The molecule has 27 heavy (non-hydrogen) atoms. The van der Waals surface area contributed by atoms with Gasteiger partial charge in [-0.05, 0) is 42.5 Å². The fourth-order valence-corrected chi connectivity index (χ4v) is 3.21. The van der Waals surface area contributed by atoms with Gasteiger partial charge in [0.05, 0.1) is 19.1 Å². The molecule has 8 heteroatoms. The SMILES string of the molecule is COc1ccc(OC)c(/C=C/C(=O)Nc2cccc(S(=O)(=O)N(C)C)c2)c1. The summed E-state index contributed by atoms with van der Waals surface area (Å²) in [6.07, 6.45) is 2.93. The van der Waals surface area contributed by atoms with Gasteiger partial charge in [-0.25, -0.2) is 12.7 Å². The number of carbonyl (C=O) groups is 1. The van der Waals surface area contributed by atoms with Crippen LogP contribution in [0.15, 0.2) is 53.4 Å². The van der Waals surface area contributed by atoms with Gasteiger partial charge >= 0.3 is 0 Å². The molecule has 0 bridgehead atoms. The number of hydrogen-bond donors (Lipinski definition) is 1. The summed E-state index contributed by atoms with van der Waals surface area (Å²) in [4.78, 5) is 12.3. The van der Waals surface area contributed by atoms with E-state index in [0.717, 1.165) is 4.31 Å². The van der Waals surface area contributed by atoms with Gasteiger partial charge < -0.3 is 14.8 Å². The van der Waals surface area contributed by atoms with Crippen molar-refractivity contribution in [1.29, 1.82) is 0 Å². The lowest BCUT2D eigenvalue weighted by molar-refractivity contribution is -0.111. The van der Waals surface area contributed by atoms with Crippen molar-refractivity contribution in [3.05, 3.63) is 54.1 Å². The van der Waals surface area contributed by atoms with Gasteiger partial charge in [-0.1, -0.05) is 6.07 Å². The van der Waals surface area contributed by atoms with Gasteiger partial charge in [0.25, 0.3) is 0 Å². The number of amides is 1. The first-order valence-corrected chi connectivity index (χ1v) is 9.45. The van der Waals surface area contributed by atoms with Crippen molar-refractivity contribution in [3.8, 4) is 11.5 Å². The Hall–Kier alpha value is -2.84.